The number of fused-ring (bicyclic) bond motifs is 1. The number of rotatable bonds is 7. The molecule has 4 rings (SSSR count). The van der Waals surface area contributed by atoms with Crippen LogP contribution in [0.25, 0.3) is 10.9 Å². The highest BCUT2D eigenvalue weighted by atomic mass is 32.2. The number of ether oxygens (including phenoxy) is 1. The predicted octanol–water partition coefficient (Wildman–Crippen LogP) is 4.11. The van der Waals surface area contributed by atoms with Crippen LogP contribution in [-0.4, -0.2) is 30.9 Å². The highest BCUT2D eigenvalue weighted by molar-refractivity contribution is 7.90. The van der Waals surface area contributed by atoms with Gasteiger partial charge in [0.25, 0.3) is 21.6 Å². The number of aryl methyl sites for hydroxylation is 2. The van der Waals surface area contributed by atoms with Gasteiger partial charge in [0.15, 0.2) is 0 Å². The minimum Gasteiger partial charge on any atom is -0.496 e. The van der Waals surface area contributed by atoms with Crippen molar-refractivity contribution in [3.63, 3.8) is 0 Å². The van der Waals surface area contributed by atoms with Gasteiger partial charge in [0.2, 0.25) is 0 Å². The number of benzene rings is 3. The zero-order chi connectivity index (χ0) is 25.3. The molecule has 0 bridgehead atoms. The van der Waals surface area contributed by atoms with Crippen molar-refractivity contribution in [1.29, 1.82) is 0 Å². The molecule has 180 valence electrons. The van der Waals surface area contributed by atoms with Crippen LogP contribution in [0.1, 0.15) is 27.0 Å². The summed E-state index contributed by atoms with van der Waals surface area (Å²) in [7, 11) is -0.732. The molecule has 1 heterocycles. The van der Waals surface area contributed by atoms with Crippen molar-refractivity contribution in [3.8, 4) is 5.75 Å². The molecule has 1 aromatic heterocycles. The number of hydrogen-bond acceptors (Lipinski definition) is 6. The number of nitro benzene ring substituents is 1. The molecule has 9 nitrogen and oxygen atoms in total. The fourth-order valence-corrected chi connectivity index (χ4v) is 5.27. The number of amides is 1. The number of carbonyl (C=O) groups is 1. The molecule has 0 aliphatic rings. The van der Waals surface area contributed by atoms with E-state index in [4.69, 9.17) is 4.74 Å². The first kappa shape index (κ1) is 24.0. The molecule has 3 aromatic carbocycles. The molecule has 35 heavy (non-hydrogen) atoms. The largest absolute Gasteiger partial charge is 0.496 e. The second-order valence-corrected chi connectivity index (χ2v) is 9.78. The van der Waals surface area contributed by atoms with E-state index in [-0.39, 0.29) is 16.1 Å². The maximum absolute atomic E-state index is 12.7. The lowest BCUT2D eigenvalue weighted by Crippen LogP contribution is -2.31. The summed E-state index contributed by atoms with van der Waals surface area (Å²) in [6.45, 7) is 1.65. The van der Waals surface area contributed by atoms with Crippen LogP contribution in [0.4, 0.5) is 5.69 Å². The third-order valence-corrected chi connectivity index (χ3v) is 7.30. The van der Waals surface area contributed by atoms with E-state index >= 15 is 0 Å². The monoisotopic (exact) mass is 493 g/mol. The lowest BCUT2D eigenvalue weighted by Gasteiger charge is -2.12. The number of non-ortho nitro benzene ring substituents is 1. The topological polar surface area (TPSA) is 121 Å². The zero-order valence-corrected chi connectivity index (χ0v) is 20.1. The van der Waals surface area contributed by atoms with E-state index in [2.05, 4.69) is 4.72 Å². The molecule has 1 N–H and O–H groups in total. The summed E-state index contributed by atoms with van der Waals surface area (Å²) < 4.78 is 34.8. The number of nitro groups is 1. The van der Waals surface area contributed by atoms with Crippen molar-refractivity contribution in [2.75, 3.05) is 7.11 Å². The minimum atomic E-state index is -4.05. The SMILES string of the molecule is COc1cc(C(=O)NS(=O)(=O)c2ccccc2C)ccc1Cc1cn(C)c2ccc([N+](=O)[O-])cc12. The Morgan fingerprint density at radius 2 is 1.83 bits per heavy atom. The number of nitrogens with one attached hydrogen (secondary N) is 1. The number of hydrogen-bond donors (Lipinski definition) is 1. The molecule has 10 heteroatoms. The fraction of sp³-hybridized carbons (Fsp3) is 0.160. The van der Waals surface area contributed by atoms with E-state index < -0.39 is 20.9 Å². The number of nitrogens with zero attached hydrogens (tertiary/aromatic N) is 2. The van der Waals surface area contributed by atoms with Crippen LogP contribution in [0.15, 0.2) is 71.8 Å². The Morgan fingerprint density at radius 1 is 1.09 bits per heavy atom. The van der Waals surface area contributed by atoms with E-state index in [1.807, 2.05) is 17.8 Å². The maximum atomic E-state index is 12.7. The summed E-state index contributed by atoms with van der Waals surface area (Å²) in [5, 5.41) is 12.0. The smallest absolute Gasteiger partial charge is 0.270 e. The van der Waals surface area contributed by atoms with E-state index in [9.17, 15) is 23.3 Å². The van der Waals surface area contributed by atoms with Gasteiger partial charge in [0.05, 0.1) is 16.9 Å². The maximum Gasteiger partial charge on any atom is 0.270 e. The van der Waals surface area contributed by atoms with E-state index in [0.29, 0.717) is 17.7 Å². The Kier molecular flexibility index (Phi) is 6.31. The van der Waals surface area contributed by atoms with Crippen LogP contribution in [-0.2, 0) is 23.5 Å². The molecule has 0 saturated heterocycles. The molecule has 0 aliphatic heterocycles. The lowest BCUT2D eigenvalue weighted by atomic mass is 10.0. The van der Waals surface area contributed by atoms with Gasteiger partial charge in [0.1, 0.15) is 5.75 Å². The molecular formula is C25H23N3O6S. The van der Waals surface area contributed by atoms with Gasteiger partial charge in [-0.15, -0.1) is 0 Å². The van der Waals surface area contributed by atoms with E-state index in [1.165, 1.54) is 37.4 Å². The van der Waals surface area contributed by atoms with Crippen LogP contribution >= 0.6 is 0 Å². The second-order valence-electron chi connectivity index (χ2n) is 8.13. The molecule has 1 amide bonds. The number of sulfonamides is 1. The summed E-state index contributed by atoms with van der Waals surface area (Å²) in [5.41, 5.74) is 3.08. The van der Waals surface area contributed by atoms with Crippen molar-refractivity contribution in [3.05, 3.63) is 99.2 Å². The lowest BCUT2D eigenvalue weighted by molar-refractivity contribution is -0.384. The first-order valence-corrected chi connectivity index (χ1v) is 12.1. The fourth-order valence-electron chi connectivity index (χ4n) is 4.05. The van der Waals surface area contributed by atoms with Gasteiger partial charge in [-0.3, -0.25) is 14.9 Å². The van der Waals surface area contributed by atoms with Crippen LogP contribution < -0.4 is 9.46 Å². The summed E-state index contributed by atoms with van der Waals surface area (Å²) in [6.07, 6.45) is 2.29. The first-order chi connectivity index (χ1) is 16.6. The van der Waals surface area contributed by atoms with Gasteiger partial charge in [-0.1, -0.05) is 24.3 Å². The normalized spacial score (nSPS) is 11.4. The molecular weight excluding hydrogens is 470 g/mol. The van der Waals surface area contributed by atoms with Crippen LogP contribution in [0.5, 0.6) is 5.75 Å². The number of aromatic nitrogens is 1. The third kappa shape index (κ3) is 4.73. The summed E-state index contributed by atoms with van der Waals surface area (Å²) in [6, 6.07) is 15.8. The molecule has 0 radical (unpaired) electrons. The Hall–Kier alpha value is -4.18. The molecule has 0 unspecified atom stereocenters. The van der Waals surface area contributed by atoms with Crippen molar-refractivity contribution in [1.82, 2.24) is 9.29 Å². The van der Waals surface area contributed by atoms with Gasteiger partial charge in [0, 0.05) is 48.3 Å². The van der Waals surface area contributed by atoms with Crippen molar-refractivity contribution >= 4 is 32.5 Å². The first-order valence-electron chi connectivity index (χ1n) is 10.6. The van der Waals surface area contributed by atoms with Crippen molar-refractivity contribution < 1.29 is 22.9 Å². The van der Waals surface area contributed by atoms with E-state index in [0.717, 1.165) is 22.0 Å². The highest BCUT2D eigenvalue weighted by Crippen LogP contribution is 2.30. The molecule has 0 aliphatic carbocycles. The van der Waals surface area contributed by atoms with Crippen molar-refractivity contribution in [2.45, 2.75) is 18.2 Å². The van der Waals surface area contributed by atoms with Crippen LogP contribution in [0.2, 0.25) is 0 Å². The summed E-state index contributed by atoms with van der Waals surface area (Å²) in [5.74, 6) is -0.382. The molecule has 0 spiro atoms. The summed E-state index contributed by atoms with van der Waals surface area (Å²) >= 11 is 0. The van der Waals surface area contributed by atoms with Crippen molar-refractivity contribution in [2.24, 2.45) is 7.05 Å². The number of carbonyl (C=O) groups excluding carboxylic acids is 1. The van der Waals surface area contributed by atoms with Gasteiger partial charge in [-0.2, -0.15) is 0 Å². The second kappa shape index (κ2) is 9.22. The van der Waals surface area contributed by atoms with Gasteiger partial charge in [-0.05, 0) is 47.9 Å². The Bertz CT molecular complexity index is 1570. The Labute approximate surface area is 202 Å². The van der Waals surface area contributed by atoms with E-state index in [1.54, 1.807) is 37.3 Å². The predicted molar refractivity (Wildman–Crippen MR) is 131 cm³/mol. The minimum absolute atomic E-state index is 0.00111. The summed E-state index contributed by atoms with van der Waals surface area (Å²) in [4.78, 5) is 23.6. The Balaban J connectivity index is 1.63. The average molecular weight is 494 g/mol. The average Bonchev–Trinajstić information content (AvgIpc) is 3.13. The van der Waals surface area contributed by atoms with Gasteiger partial charge < -0.3 is 9.30 Å². The molecule has 0 saturated carbocycles. The van der Waals surface area contributed by atoms with Crippen LogP contribution in [0.3, 0.4) is 0 Å². The van der Waals surface area contributed by atoms with Gasteiger partial charge in [-0.25, -0.2) is 13.1 Å². The van der Waals surface area contributed by atoms with Crippen LogP contribution in [0, 0.1) is 17.0 Å². The zero-order valence-electron chi connectivity index (χ0n) is 19.3. The Morgan fingerprint density at radius 3 is 2.51 bits per heavy atom. The standard InChI is InChI=1S/C25H23N3O6S/c1-16-6-4-5-7-24(16)35(32,33)26-25(29)18-9-8-17(23(13-18)34-3)12-19-15-27(2)22-11-10-20(28(30)31)14-21(19)22/h4-11,13-15H,12H2,1-3H3,(H,26,29). The molecule has 4 aromatic rings. The molecule has 0 atom stereocenters. The number of methoxy groups -OCH3 is 1. The molecule has 0 fully saturated rings. The third-order valence-electron chi connectivity index (χ3n) is 5.81. The van der Waals surface area contributed by atoms with Gasteiger partial charge >= 0.3 is 0 Å². The highest BCUT2D eigenvalue weighted by Gasteiger charge is 2.21. The quantitative estimate of drug-likeness (QED) is 0.306.